The molecule has 10 heteroatoms. The summed E-state index contributed by atoms with van der Waals surface area (Å²) in [6, 6.07) is 12.7. The van der Waals surface area contributed by atoms with Crippen LogP contribution in [0.1, 0.15) is 34.6 Å². The molecule has 0 aliphatic heterocycles. The van der Waals surface area contributed by atoms with E-state index in [9.17, 15) is 4.79 Å². The Bertz CT molecular complexity index is 1330. The predicted molar refractivity (Wildman–Crippen MR) is 129 cm³/mol. The molecule has 0 radical (unpaired) electrons. The Morgan fingerprint density at radius 3 is 2.49 bits per heavy atom. The normalized spacial score (nSPS) is 10.8. The molecule has 182 valence electrons. The number of hydrogen-bond acceptors (Lipinski definition) is 8. The first-order valence-corrected chi connectivity index (χ1v) is 11.1. The number of rotatable bonds is 9. The summed E-state index contributed by atoms with van der Waals surface area (Å²) in [6.07, 6.45) is 0. The summed E-state index contributed by atoms with van der Waals surface area (Å²) in [6.45, 7) is 6.47. The molecule has 10 nitrogen and oxygen atoms in total. The largest absolute Gasteiger partial charge is 0.497 e. The van der Waals surface area contributed by atoms with Crippen molar-refractivity contribution < 1.29 is 23.4 Å². The molecule has 2 aromatic carbocycles. The van der Waals surface area contributed by atoms with Crippen molar-refractivity contribution in [1.29, 1.82) is 0 Å². The molecule has 0 aliphatic rings. The zero-order valence-electron chi connectivity index (χ0n) is 20.3. The highest BCUT2D eigenvalue weighted by Gasteiger charge is 2.20. The average Bonchev–Trinajstić information content (AvgIpc) is 3.42. The third-order valence-corrected chi connectivity index (χ3v) is 5.46. The second-order valence-corrected chi connectivity index (χ2v) is 7.68. The molecule has 35 heavy (non-hydrogen) atoms. The first-order chi connectivity index (χ1) is 16.9. The zero-order valence-corrected chi connectivity index (χ0v) is 20.3. The SMILES string of the molecule is CCOc1ccc(-c2nc(Cn3nnc(C(=O)Nc4cc(OC)ccc4OC)c3C)c(C)o2)cc1. The number of oxazole rings is 1. The van der Waals surface area contributed by atoms with Gasteiger partial charge in [0, 0.05) is 11.6 Å². The molecule has 2 aromatic heterocycles. The van der Waals surface area contributed by atoms with E-state index in [0.717, 1.165) is 11.3 Å². The van der Waals surface area contributed by atoms with Gasteiger partial charge in [-0.3, -0.25) is 4.79 Å². The van der Waals surface area contributed by atoms with Crippen LogP contribution in [0.25, 0.3) is 11.5 Å². The van der Waals surface area contributed by atoms with E-state index >= 15 is 0 Å². The molecular weight excluding hydrogens is 450 g/mol. The molecule has 0 bridgehead atoms. The first kappa shape index (κ1) is 23.8. The number of hydrogen-bond donors (Lipinski definition) is 1. The number of ether oxygens (including phenoxy) is 3. The summed E-state index contributed by atoms with van der Waals surface area (Å²) in [4.78, 5) is 17.6. The van der Waals surface area contributed by atoms with Crippen LogP contribution < -0.4 is 19.5 Å². The molecule has 2 heterocycles. The van der Waals surface area contributed by atoms with Gasteiger partial charge in [-0.25, -0.2) is 9.67 Å². The van der Waals surface area contributed by atoms with Crippen LogP contribution >= 0.6 is 0 Å². The number of carbonyl (C=O) groups is 1. The van der Waals surface area contributed by atoms with E-state index in [1.165, 1.54) is 7.11 Å². The number of amides is 1. The minimum atomic E-state index is -0.410. The number of nitrogens with zero attached hydrogens (tertiary/aromatic N) is 4. The van der Waals surface area contributed by atoms with Gasteiger partial charge in [-0.15, -0.1) is 5.10 Å². The van der Waals surface area contributed by atoms with E-state index in [0.29, 0.717) is 53.4 Å². The molecule has 0 atom stereocenters. The van der Waals surface area contributed by atoms with Gasteiger partial charge in [0.2, 0.25) is 5.89 Å². The van der Waals surface area contributed by atoms with Crippen LogP contribution in [0.5, 0.6) is 17.2 Å². The maximum absolute atomic E-state index is 12.9. The topological polar surface area (TPSA) is 114 Å². The van der Waals surface area contributed by atoms with Crippen LogP contribution in [-0.2, 0) is 6.54 Å². The lowest BCUT2D eigenvalue weighted by atomic mass is 10.2. The van der Waals surface area contributed by atoms with Gasteiger partial charge in [0.1, 0.15) is 28.7 Å². The fourth-order valence-corrected chi connectivity index (χ4v) is 3.51. The minimum Gasteiger partial charge on any atom is -0.497 e. The monoisotopic (exact) mass is 477 g/mol. The van der Waals surface area contributed by atoms with Gasteiger partial charge in [-0.1, -0.05) is 5.21 Å². The number of carbonyl (C=O) groups excluding carboxylic acids is 1. The van der Waals surface area contributed by atoms with Crippen molar-refractivity contribution in [2.45, 2.75) is 27.3 Å². The molecule has 1 N–H and O–H groups in total. The van der Waals surface area contributed by atoms with Crippen molar-refractivity contribution in [3.63, 3.8) is 0 Å². The van der Waals surface area contributed by atoms with E-state index in [1.807, 2.05) is 38.1 Å². The molecule has 0 spiro atoms. The van der Waals surface area contributed by atoms with Crippen molar-refractivity contribution in [2.75, 3.05) is 26.1 Å². The second-order valence-electron chi connectivity index (χ2n) is 7.68. The van der Waals surface area contributed by atoms with Crippen molar-refractivity contribution in [3.05, 3.63) is 65.3 Å². The molecule has 0 fully saturated rings. The molecule has 0 unspecified atom stereocenters. The van der Waals surface area contributed by atoms with E-state index in [4.69, 9.17) is 18.6 Å². The number of anilines is 1. The second kappa shape index (κ2) is 10.3. The number of nitrogens with one attached hydrogen (secondary N) is 1. The average molecular weight is 478 g/mol. The molecule has 0 saturated heterocycles. The van der Waals surface area contributed by atoms with Crippen molar-refractivity contribution >= 4 is 11.6 Å². The van der Waals surface area contributed by atoms with Gasteiger partial charge in [-0.05, 0) is 57.2 Å². The fourth-order valence-electron chi connectivity index (χ4n) is 3.51. The van der Waals surface area contributed by atoms with Crippen molar-refractivity contribution in [3.8, 4) is 28.7 Å². The zero-order chi connectivity index (χ0) is 24.9. The maximum Gasteiger partial charge on any atom is 0.278 e. The van der Waals surface area contributed by atoms with Gasteiger partial charge >= 0.3 is 0 Å². The lowest BCUT2D eigenvalue weighted by Crippen LogP contribution is -2.15. The highest BCUT2D eigenvalue weighted by molar-refractivity contribution is 6.04. The Kier molecular flexibility index (Phi) is 7.00. The van der Waals surface area contributed by atoms with Crippen LogP contribution in [0, 0.1) is 13.8 Å². The highest BCUT2D eigenvalue weighted by Crippen LogP contribution is 2.29. The molecule has 1 amide bonds. The minimum absolute atomic E-state index is 0.197. The van der Waals surface area contributed by atoms with E-state index in [2.05, 4.69) is 20.6 Å². The molecule has 4 aromatic rings. The van der Waals surface area contributed by atoms with Crippen LogP contribution in [0.2, 0.25) is 0 Å². The summed E-state index contributed by atoms with van der Waals surface area (Å²) < 4.78 is 23.5. The smallest absolute Gasteiger partial charge is 0.278 e. The van der Waals surface area contributed by atoms with E-state index in [-0.39, 0.29) is 5.69 Å². The lowest BCUT2D eigenvalue weighted by molar-refractivity contribution is 0.102. The predicted octanol–water partition coefficient (Wildman–Crippen LogP) is 4.27. The Hall–Kier alpha value is -4.34. The maximum atomic E-state index is 12.9. The van der Waals surface area contributed by atoms with E-state index in [1.54, 1.807) is 36.9 Å². The standard InChI is InChI=1S/C25H27N5O5/c1-6-34-18-9-7-17(8-10-18)25-27-21(16(3)35-25)14-30-15(2)23(28-29-30)24(31)26-20-13-19(32-4)11-12-22(20)33-5/h7-13H,6,14H2,1-5H3,(H,26,31). The first-order valence-electron chi connectivity index (χ1n) is 11.1. The van der Waals surface area contributed by atoms with Crippen LogP contribution in [0.3, 0.4) is 0 Å². The quantitative estimate of drug-likeness (QED) is 0.380. The van der Waals surface area contributed by atoms with Gasteiger partial charge in [0.05, 0.1) is 38.8 Å². The van der Waals surface area contributed by atoms with Crippen molar-refractivity contribution in [1.82, 2.24) is 20.0 Å². The number of aromatic nitrogens is 4. The Labute approximate surface area is 202 Å². The van der Waals surface area contributed by atoms with Gasteiger partial charge in [0.15, 0.2) is 5.69 Å². The third-order valence-electron chi connectivity index (χ3n) is 5.46. The van der Waals surface area contributed by atoms with Gasteiger partial charge < -0.3 is 23.9 Å². The van der Waals surface area contributed by atoms with Crippen molar-refractivity contribution in [2.24, 2.45) is 0 Å². The number of aryl methyl sites for hydroxylation is 1. The summed E-state index contributed by atoms with van der Waals surface area (Å²) in [7, 11) is 3.08. The fraction of sp³-hybridized carbons (Fsp3) is 0.280. The third kappa shape index (κ3) is 5.11. The Morgan fingerprint density at radius 2 is 1.80 bits per heavy atom. The highest BCUT2D eigenvalue weighted by atomic mass is 16.5. The van der Waals surface area contributed by atoms with E-state index < -0.39 is 5.91 Å². The van der Waals surface area contributed by atoms with Gasteiger partial charge in [0.25, 0.3) is 5.91 Å². The summed E-state index contributed by atoms with van der Waals surface area (Å²) >= 11 is 0. The summed E-state index contributed by atoms with van der Waals surface area (Å²) in [5, 5.41) is 11.1. The van der Waals surface area contributed by atoms with Crippen LogP contribution in [-0.4, -0.2) is 46.7 Å². The molecule has 0 aliphatic carbocycles. The van der Waals surface area contributed by atoms with Gasteiger partial charge in [-0.2, -0.15) is 0 Å². The Morgan fingerprint density at radius 1 is 1.06 bits per heavy atom. The van der Waals surface area contributed by atoms with Crippen LogP contribution in [0.4, 0.5) is 5.69 Å². The number of benzene rings is 2. The summed E-state index contributed by atoms with van der Waals surface area (Å²) in [5.41, 5.74) is 2.80. The Balaban J connectivity index is 1.51. The summed E-state index contributed by atoms with van der Waals surface area (Å²) in [5.74, 6) is 2.63. The molecule has 4 rings (SSSR count). The van der Waals surface area contributed by atoms with Crippen LogP contribution in [0.15, 0.2) is 46.9 Å². The number of methoxy groups -OCH3 is 2. The lowest BCUT2D eigenvalue weighted by Gasteiger charge is -2.11. The molecule has 0 saturated carbocycles. The molecular formula is C25H27N5O5.